The zero-order valence-electron chi connectivity index (χ0n) is 7.42. The van der Waals surface area contributed by atoms with Crippen LogP contribution in [-0.4, -0.2) is 40.4 Å². The number of hydrogen-bond acceptors (Lipinski definition) is 4. The minimum atomic E-state index is -4.67. The van der Waals surface area contributed by atoms with Gasteiger partial charge in [0, 0.05) is 0 Å². The lowest BCUT2D eigenvalue weighted by molar-refractivity contribution is 0.0865. The second-order valence-corrected chi connectivity index (χ2v) is 3.32. The van der Waals surface area contributed by atoms with Gasteiger partial charge in [-0.3, -0.25) is 9.11 Å². The number of hydrogen-bond donors (Lipinski definition) is 4. The number of unbranched alkanes of at least 4 members (excludes halogenated alkanes) is 1. The third kappa shape index (κ3) is 33.7. The average Bonchev–Trinajstić information content (AvgIpc) is 1.97. The van der Waals surface area contributed by atoms with Crippen molar-refractivity contribution in [2.45, 2.75) is 32.3 Å². The van der Waals surface area contributed by atoms with Gasteiger partial charge in [-0.25, -0.2) is 0 Å². The molecule has 0 saturated carbocycles. The Kier molecular flexibility index (Phi) is 9.86. The Balaban J connectivity index is 0. The zero-order chi connectivity index (χ0) is 10.9. The summed E-state index contributed by atoms with van der Waals surface area (Å²) in [5.41, 5.74) is 0. The average molecular weight is 216 g/mol. The van der Waals surface area contributed by atoms with Gasteiger partial charge in [0.1, 0.15) is 0 Å². The van der Waals surface area contributed by atoms with E-state index in [4.69, 9.17) is 27.7 Å². The van der Waals surface area contributed by atoms with Crippen LogP contribution in [0.3, 0.4) is 0 Å². The first kappa shape index (κ1) is 15.3. The maximum Gasteiger partial charge on any atom is 0.394 e. The smallest absolute Gasteiger partial charge is 0.394 e. The summed E-state index contributed by atoms with van der Waals surface area (Å²) in [6.07, 6.45) is 2.32. The Labute approximate surface area is 77.8 Å². The zero-order valence-corrected chi connectivity index (χ0v) is 8.24. The minimum absolute atomic E-state index is 0.0972. The van der Waals surface area contributed by atoms with Crippen molar-refractivity contribution < 1.29 is 27.7 Å². The largest absolute Gasteiger partial charge is 0.394 e. The molecule has 0 aliphatic rings. The Bertz CT molecular complexity index is 179. The van der Waals surface area contributed by atoms with Crippen LogP contribution in [0.2, 0.25) is 0 Å². The summed E-state index contributed by atoms with van der Waals surface area (Å²) >= 11 is 0. The van der Waals surface area contributed by atoms with Crippen molar-refractivity contribution in [3.8, 4) is 0 Å². The van der Waals surface area contributed by atoms with Gasteiger partial charge < -0.3 is 10.2 Å². The second-order valence-electron chi connectivity index (χ2n) is 2.43. The Morgan fingerprint density at radius 1 is 1.31 bits per heavy atom. The molecule has 4 N–H and O–H groups in total. The van der Waals surface area contributed by atoms with Crippen LogP contribution in [0, 0.1) is 0 Å². The fourth-order valence-electron chi connectivity index (χ4n) is 0.531. The highest BCUT2D eigenvalue weighted by Crippen LogP contribution is 1.97. The molecule has 1 atom stereocenters. The third-order valence-corrected chi connectivity index (χ3v) is 1.10. The summed E-state index contributed by atoms with van der Waals surface area (Å²) in [4.78, 5) is 0. The molecule has 6 nitrogen and oxygen atoms in total. The van der Waals surface area contributed by atoms with E-state index >= 15 is 0 Å². The van der Waals surface area contributed by atoms with Gasteiger partial charge in [0.05, 0.1) is 12.7 Å². The van der Waals surface area contributed by atoms with Crippen molar-refractivity contribution in [3.63, 3.8) is 0 Å². The molecule has 0 aliphatic heterocycles. The molecule has 1 unspecified atom stereocenters. The summed E-state index contributed by atoms with van der Waals surface area (Å²) in [7, 11) is -4.67. The fourth-order valence-corrected chi connectivity index (χ4v) is 0.531. The summed E-state index contributed by atoms with van der Waals surface area (Å²) in [5, 5.41) is 17.1. The lowest BCUT2D eigenvalue weighted by Gasteiger charge is -2.02. The van der Waals surface area contributed by atoms with Crippen molar-refractivity contribution in [1.29, 1.82) is 0 Å². The maximum absolute atomic E-state index is 8.74. The standard InChI is InChI=1S/C6H14O2.H2O4S/c1-2-3-4-6(8)5-7;1-5(2,3)4/h6-8H,2-5H2,1H3;(H2,1,2,3,4). The molecule has 82 valence electrons. The summed E-state index contributed by atoms with van der Waals surface area (Å²) in [6.45, 7) is 1.96. The molecular formula is C6H16O6S. The van der Waals surface area contributed by atoms with Crippen molar-refractivity contribution in [3.05, 3.63) is 0 Å². The van der Waals surface area contributed by atoms with Gasteiger partial charge >= 0.3 is 10.4 Å². The summed E-state index contributed by atoms with van der Waals surface area (Å²) < 4.78 is 31.6. The molecule has 0 saturated heterocycles. The van der Waals surface area contributed by atoms with Crippen molar-refractivity contribution >= 4 is 10.4 Å². The molecule has 0 spiro atoms. The van der Waals surface area contributed by atoms with Gasteiger partial charge in [-0.15, -0.1) is 0 Å². The maximum atomic E-state index is 8.74. The van der Waals surface area contributed by atoms with Crippen LogP contribution in [0.4, 0.5) is 0 Å². The molecule has 0 aromatic heterocycles. The molecule has 13 heavy (non-hydrogen) atoms. The second kappa shape index (κ2) is 8.39. The van der Waals surface area contributed by atoms with Gasteiger partial charge in [-0.05, 0) is 6.42 Å². The first-order valence-electron chi connectivity index (χ1n) is 3.80. The first-order valence-corrected chi connectivity index (χ1v) is 5.19. The van der Waals surface area contributed by atoms with Crippen LogP contribution in [0.25, 0.3) is 0 Å². The molecular weight excluding hydrogens is 200 g/mol. The molecule has 0 aromatic carbocycles. The van der Waals surface area contributed by atoms with E-state index < -0.39 is 16.5 Å². The van der Waals surface area contributed by atoms with E-state index in [9.17, 15) is 0 Å². The number of rotatable bonds is 4. The molecule has 0 rings (SSSR count). The van der Waals surface area contributed by atoms with Crippen LogP contribution in [0.15, 0.2) is 0 Å². The highest BCUT2D eigenvalue weighted by molar-refractivity contribution is 7.79. The predicted octanol–water partition coefficient (Wildman–Crippen LogP) is -0.123. The van der Waals surface area contributed by atoms with E-state index in [1.54, 1.807) is 0 Å². The molecule has 0 fully saturated rings. The van der Waals surface area contributed by atoms with Gasteiger partial charge in [-0.2, -0.15) is 8.42 Å². The quantitative estimate of drug-likeness (QED) is 0.487. The Morgan fingerprint density at radius 2 is 1.69 bits per heavy atom. The van der Waals surface area contributed by atoms with E-state index in [1.807, 2.05) is 0 Å². The Hall–Kier alpha value is -0.210. The first-order chi connectivity index (χ1) is 5.81. The van der Waals surface area contributed by atoms with Crippen molar-refractivity contribution in [2.24, 2.45) is 0 Å². The molecule has 7 heteroatoms. The number of aliphatic hydroxyl groups is 2. The predicted molar refractivity (Wildman–Crippen MR) is 46.8 cm³/mol. The van der Waals surface area contributed by atoms with Crippen LogP contribution in [0.1, 0.15) is 26.2 Å². The summed E-state index contributed by atoms with van der Waals surface area (Å²) in [6, 6.07) is 0. The van der Waals surface area contributed by atoms with Gasteiger partial charge in [0.2, 0.25) is 0 Å². The molecule has 0 radical (unpaired) electrons. The van der Waals surface area contributed by atoms with Crippen molar-refractivity contribution in [1.82, 2.24) is 0 Å². The van der Waals surface area contributed by atoms with Gasteiger partial charge in [0.15, 0.2) is 0 Å². The normalized spacial score (nSPS) is 13.0. The van der Waals surface area contributed by atoms with Crippen LogP contribution >= 0.6 is 0 Å². The van der Waals surface area contributed by atoms with E-state index in [-0.39, 0.29) is 6.61 Å². The van der Waals surface area contributed by atoms with Crippen LogP contribution in [-0.2, 0) is 10.4 Å². The molecule has 0 heterocycles. The van der Waals surface area contributed by atoms with E-state index in [0.29, 0.717) is 0 Å². The minimum Gasteiger partial charge on any atom is -0.394 e. The molecule has 0 amide bonds. The monoisotopic (exact) mass is 216 g/mol. The SMILES string of the molecule is CCCCC(O)CO.O=S(=O)(O)O. The number of aliphatic hydroxyl groups excluding tert-OH is 2. The Morgan fingerprint density at radius 3 is 1.92 bits per heavy atom. The lowest BCUT2D eigenvalue weighted by Crippen LogP contribution is -2.10. The fraction of sp³-hybridized carbons (Fsp3) is 1.00. The molecule has 0 bridgehead atoms. The molecule has 0 aliphatic carbocycles. The van der Waals surface area contributed by atoms with Crippen LogP contribution < -0.4 is 0 Å². The highest BCUT2D eigenvalue weighted by Gasteiger charge is 1.97. The third-order valence-electron chi connectivity index (χ3n) is 1.10. The topological polar surface area (TPSA) is 115 Å². The summed E-state index contributed by atoms with van der Waals surface area (Å²) in [5.74, 6) is 0. The van der Waals surface area contributed by atoms with Gasteiger partial charge in [0.25, 0.3) is 0 Å². The van der Waals surface area contributed by atoms with E-state index in [1.165, 1.54) is 0 Å². The lowest BCUT2D eigenvalue weighted by atomic mass is 10.2. The van der Waals surface area contributed by atoms with Crippen LogP contribution in [0.5, 0.6) is 0 Å². The van der Waals surface area contributed by atoms with Gasteiger partial charge in [-0.1, -0.05) is 19.8 Å². The van der Waals surface area contributed by atoms with E-state index in [0.717, 1.165) is 19.3 Å². The highest BCUT2D eigenvalue weighted by atomic mass is 32.3. The molecule has 0 aromatic rings. The van der Waals surface area contributed by atoms with E-state index in [2.05, 4.69) is 6.92 Å². The van der Waals surface area contributed by atoms with Crippen molar-refractivity contribution in [2.75, 3.05) is 6.61 Å².